The molecule has 1 rings (SSSR count). The Morgan fingerprint density at radius 1 is 1.38 bits per heavy atom. The summed E-state index contributed by atoms with van der Waals surface area (Å²) in [5, 5.41) is 2.75. The zero-order valence-electron chi connectivity index (χ0n) is 12.5. The summed E-state index contributed by atoms with van der Waals surface area (Å²) in [6, 6.07) is 4.42. The van der Waals surface area contributed by atoms with Crippen molar-refractivity contribution < 1.29 is 18.3 Å². The molecule has 21 heavy (non-hydrogen) atoms. The number of halogens is 2. The summed E-state index contributed by atoms with van der Waals surface area (Å²) in [5.74, 6) is 0.429. The number of nitrogens with one attached hydrogen (secondary N) is 1. The van der Waals surface area contributed by atoms with Crippen molar-refractivity contribution in [3.63, 3.8) is 0 Å². The summed E-state index contributed by atoms with van der Waals surface area (Å²) < 4.78 is 30.6. The molecule has 0 aliphatic rings. The molecule has 1 amide bonds. The SMILES string of the molecule is COc1ccc(C=CC(=O)NCCC(C)C)cc1C(F)F. The normalized spacial score (nSPS) is 11.4. The number of carbonyl (C=O) groups excluding carboxylic acids is 1. The Morgan fingerprint density at radius 3 is 2.67 bits per heavy atom. The van der Waals surface area contributed by atoms with Crippen molar-refractivity contribution in [2.75, 3.05) is 13.7 Å². The number of amides is 1. The van der Waals surface area contributed by atoms with E-state index in [1.54, 1.807) is 6.07 Å². The molecule has 0 aliphatic heterocycles. The highest BCUT2D eigenvalue weighted by Gasteiger charge is 2.13. The maximum absolute atomic E-state index is 12.9. The van der Waals surface area contributed by atoms with E-state index in [2.05, 4.69) is 19.2 Å². The van der Waals surface area contributed by atoms with Crippen LogP contribution in [0.3, 0.4) is 0 Å². The number of carbonyl (C=O) groups is 1. The minimum absolute atomic E-state index is 0.142. The fourth-order valence-corrected chi connectivity index (χ4v) is 1.74. The molecule has 0 fully saturated rings. The summed E-state index contributed by atoms with van der Waals surface area (Å²) in [7, 11) is 1.35. The molecule has 1 aromatic rings. The smallest absolute Gasteiger partial charge is 0.267 e. The zero-order valence-corrected chi connectivity index (χ0v) is 12.5. The van der Waals surface area contributed by atoms with E-state index in [0.717, 1.165) is 6.42 Å². The number of rotatable bonds is 7. The third kappa shape index (κ3) is 5.94. The largest absolute Gasteiger partial charge is 0.496 e. The topological polar surface area (TPSA) is 38.3 Å². The molecule has 116 valence electrons. The Bertz CT molecular complexity index is 499. The first-order valence-corrected chi connectivity index (χ1v) is 6.86. The van der Waals surface area contributed by atoms with E-state index in [4.69, 9.17) is 4.74 Å². The van der Waals surface area contributed by atoms with E-state index in [9.17, 15) is 13.6 Å². The van der Waals surface area contributed by atoms with E-state index in [1.165, 1.54) is 31.4 Å². The lowest BCUT2D eigenvalue weighted by Gasteiger charge is -2.08. The Balaban J connectivity index is 2.67. The van der Waals surface area contributed by atoms with Gasteiger partial charge >= 0.3 is 0 Å². The van der Waals surface area contributed by atoms with Crippen LogP contribution in [0.1, 0.15) is 37.8 Å². The monoisotopic (exact) mass is 297 g/mol. The Hall–Kier alpha value is -1.91. The minimum atomic E-state index is -2.62. The number of hydrogen-bond donors (Lipinski definition) is 1. The van der Waals surface area contributed by atoms with Gasteiger partial charge in [0.05, 0.1) is 12.7 Å². The highest BCUT2D eigenvalue weighted by Crippen LogP contribution is 2.29. The third-order valence-electron chi connectivity index (χ3n) is 2.94. The predicted octanol–water partition coefficient (Wildman–Crippen LogP) is 3.81. The van der Waals surface area contributed by atoms with Crippen molar-refractivity contribution in [1.82, 2.24) is 5.32 Å². The Morgan fingerprint density at radius 2 is 2.10 bits per heavy atom. The van der Waals surface area contributed by atoms with Gasteiger partial charge < -0.3 is 10.1 Å². The van der Waals surface area contributed by atoms with Crippen LogP contribution in [0, 0.1) is 5.92 Å². The lowest BCUT2D eigenvalue weighted by molar-refractivity contribution is -0.116. The van der Waals surface area contributed by atoms with Gasteiger partial charge in [-0.3, -0.25) is 4.79 Å². The van der Waals surface area contributed by atoms with E-state index >= 15 is 0 Å². The summed E-state index contributed by atoms with van der Waals surface area (Å²) in [6.45, 7) is 4.75. The molecule has 3 nitrogen and oxygen atoms in total. The van der Waals surface area contributed by atoms with Crippen molar-refractivity contribution in [3.05, 3.63) is 35.4 Å². The molecule has 5 heteroatoms. The van der Waals surface area contributed by atoms with Gasteiger partial charge in [0.1, 0.15) is 5.75 Å². The molecule has 0 radical (unpaired) electrons. The van der Waals surface area contributed by atoms with E-state index in [-0.39, 0.29) is 17.2 Å². The lowest BCUT2D eigenvalue weighted by Crippen LogP contribution is -2.23. The molecular formula is C16H21F2NO2. The molecule has 1 N–H and O–H groups in total. The molecule has 0 saturated heterocycles. The number of hydrogen-bond acceptors (Lipinski definition) is 2. The van der Waals surface area contributed by atoms with Crippen molar-refractivity contribution in [2.45, 2.75) is 26.7 Å². The van der Waals surface area contributed by atoms with Crippen molar-refractivity contribution in [2.24, 2.45) is 5.92 Å². The molecule has 0 unspecified atom stereocenters. The highest BCUT2D eigenvalue weighted by atomic mass is 19.3. The van der Waals surface area contributed by atoms with Gasteiger partial charge in [0.15, 0.2) is 0 Å². The summed E-state index contributed by atoms with van der Waals surface area (Å²) in [5.41, 5.74) is 0.352. The second-order valence-corrected chi connectivity index (χ2v) is 5.11. The van der Waals surface area contributed by atoms with Crippen LogP contribution in [0.5, 0.6) is 5.75 Å². The maximum atomic E-state index is 12.9. The quantitative estimate of drug-likeness (QED) is 0.777. The van der Waals surface area contributed by atoms with Crippen LogP contribution in [0.2, 0.25) is 0 Å². The fraction of sp³-hybridized carbons (Fsp3) is 0.438. The average molecular weight is 297 g/mol. The molecule has 0 atom stereocenters. The van der Waals surface area contributed by atoms with E-state index < -0.39 is 6.43 Å². The zero-order chi connectivity index (χ0) is 15.8. The molecular weight excluding hydrogens is 276 g/mol. The Kier molecular flexibility index (Phi) is 6.85. The first-order valence-electron chi connectivity index (χ1n) is 6.86. The Labute approximate surface area is 124 Å². The average Bonchev–Trinajstić information content (AvgIpc) is 2.44. The number of methoxy groups -OCH3 is 1. The summed E-state index contributed by atoms with van der Waals surface area (Å²) in [4.78, 5) is 11.6. The second kappa shape index (κ2) is 8.39. The molecule has 0 spiro atoms. The first-order chi connectivity index (χ1) is 9.93. The van der Waals surface area contributed by atoms with Gasteiger partial charge in [-0.25, -0.2) is 8.78 Å². The molecule has 0 bridgehead atoms. The maximum Gasteiger partial charge on any atom is 0.267 e. The highest BCUT2D eigenvalue weighted by molar-refractivity contribution is 5.91. The molecule has 0 heterocycles. The predicted molar refractivity (Wildman–Crippen MR) is 79.4 cm³/mol. The fourth-order valence-electron chi connectivity index (χ4n) is 1.74. The van der Waals surface area contributed by atoms with Gasteiger partial charge in [-0.05, 0) is 36.1 Å². The van der Waals surface area contributed by atoms with Crippen molar-refractivity contribution in [1.29, 1.82) is 0 Å². The van der Waals surface area contributed by atoms with Crippen molar-refractivity contribution in [3.8, 4) is 5.75 Å². The van der Waals surface area contributed by atoms with Crippen LogP contribution in [-0.2, 0) is 4.79 Å². The van der Waals surface area contributed by atoms with Crippen LogP contribution in [0.25, 0.3) is 6.08 Å². The van der Waals surface area contributed by atoms with E-state index in [0.29, 0.717) is 18.0 Å². The summed E-state index contributed by atoms with van der Waals surface area (Å²) in [6.07, 6.45) is 1.14. The standard InChI is InChI=1S/C16H21F2NO2/c1-11(2)8-9-19-15(20)7-5-12-4-6-14(21-3)13(10-12)16(17)18/h4-7,10-11,16H,8-9H2,1-3H3,(H,19,20). The number of benzene rings is 1. The van der Waals surface area contributed by atoms with Crippen LogP contribution in [-0.4, -0.2) is 19.6 Å². The molecule has 0 aliphatic carbocycles. The second-order valence-electron chi connectivity index (χ2n) is 5.11. The van der Waals surface area contributed by atoms with Gasteiger partial charge in [0, 0.05) is 12.6 Å². The lowest BCUT2D eigenvalue weighted by atomic mass is 10.1. The molecule has 1 aromatic carbocycles. The van der Waals surface area contributed by atoms with Crippen LogP contribution < -0.4 is 10.1 Å². The summed E-state index contributed by atoms with van der Waals surface area (Å²) >= 11 is 0. The van der Waals surface area contributed by atoms with Gasteiger partial charge in [-0.1, -0.05) is 19.9 Å². The van der Waals surface area contributed by atoms with Gasteiger partial charge in [-0.15, -0.1) is 0 Å². The van der Waals surface area contributed by atoms with E-state index in [1.807, 2.05) is 0 Å². The van der Waals surface area contributed by atoms with Gasteiger partial charge in [0.25, 0.3) is 6.43 Å². The van der Waals surface area contributed by atoms with Crippen LogP contribution in [0.15, 0.2) is 24.3 Å². The van der Waals surface area contributed by atoms with Gasteiger partial charge in [0.2, 0.25) is 5.91 Å². The van der Waals surface area contributed by atoms with Crippen molar-refractivity contribution >= 4 is 12.0 Å². The van der Waals surface area contributed by atoms with Crippen LogP contribution >= 0.6 is 0 Å². The number of ether oxygens (including phenoxy) is 1. The van der Waals surface area contributed by atoms with Gasteiger partial charge in [-0.2, -0.15) is 0 Å². The molecule has 0 saturated carbocycles. The molecule has 0 aromatic heterocycles. The van der Waals surface area contributed by atoms with Crippen LogP contribution in [0.4, 0.5) is 8.78 Å². The third-order valence-corrected chi connectivity index (χ3v) is 2.94. The first kappa shape index (κ1) is 17.1. The number of alkyl halides is 2. The minimum Gasteiger partial charge on any atom is -0.496 e.